The summed E-state index contributed by atoms with van der Waals surface area (Å²) >= 11 is 0. The number of para-hydroxylation sites is 1. The van der Waals surface area contributed by atoms with Crippen molar-refractivity contribution in [2.75, 3.05) is 0 Å². The first kappa shape index (κ1) is 27.3. The Hall–Kier alpha value is -2.29. The van der Waals surface area contributed by atoms with Crippen molar-refractivity contribution in [3.63, 3.8) is 0 Å². The average Bonchev–Trinajstić information content (AvgIpc) is 3.55. The van der Waals surface area contributed by atoms with Gasteiger partial charge in [0.05, 0.1) is 11.6 Å². The lowest BCUT2D eigenvalue weighted by molar-refractivity contribution is -0.157. The van der Waals surface area contributed by atoms with Crippen LogP contribution in [0.15, 0.2) is 46.5 Å². The first-order chi connectivity index (χ1) is 19.9. The van der Waals surface area contributed by atoms with Gasteiger partial charge in [-0.3, -0.25) is 0 Å². The highest BCUT2D eigenvalue weighted by Crippen LogP contribution is 2.75. The van der Waals surface area contributed by atoms with E-state index in [9.17, 15) is 0 Å². The van der Waals surface area contributed by atoms with E-state index in [1.165, 1.54) is 68.0 Å². The Labute approximate surface area is 253 Å². The van der Waals surface area contributed by atoms with Gasteiger partial charge in [0.1, 0.15) is 5.76 Å². The molecule has 3 aromatic rings. The number of aromatic nitrogens is 2. The van der Waals surface area contributed by atoms with Gasteiger partial charge in [0, 0.05) is 22.0 Å². The second kappa shape index (κ2) is 8.45. The lowest BCUT2D eigenvalue weighted by atomic mass is 9.33. The van der Waals surface area contributed by atoms with Gasteiger partial charge in [-0.1, -0.05) is 78.3 Å². The second-order valence-electron chi connectivity index (χ2n) is 17.0. The molecule has 0 spiro atoms. The molecule has 0 bridgehead atoms. The van der Waals surface area contributed by atoms with Crippen LogP contribution < -0.4 is 0 Å². The summed E-state index contributed by atoms with van der Waals surface area (Å²) in [6, 6.07) is 9.07. The summed E-state index contributed by atoms with van der Waals surface area (Å²) in [5.74, 6) is 5.29. The molecule has 1 N–H and O–H groups in total. The smallest absolute Gasteiger partial charge is 0.201 e. The van der Waals surface area contributed by atoms with Gasteiger partial charge in [-0.2, -0.15) is 0 Å². The summed E-state index contributed by atoms with van der Waals surface area (Å²) in [6.45, 7) is 20.4. The van der Waals surface area contributed by atoms with Crippen LogP contribution in [0.2, 0.25) is 0 Å². The zero-order valence-electron chi connectivity index (χ0n) is 27.4. The SMILES string of the molecule is Cc1cnc([C@]23CC[C@@H](C)[C@H](C)[C@H]2C2=CC[C@@H]4[C@@]5(C)Cc6c([nH]c7ccccc67)C(C)(C)[C@@H]5CC[C@@]4(C)[C@]2(C)CC3)o1. The first-order valence-corrected chi connectivity index (χ1v) is 17.1. The Balaban J connectivity index is 1.27. The molecule has 2 aromatic heterocycles. The van der Waals surface area contributed by atoms with E-state index in [0.29, 0.717) is 29.1 Å². The number of aryl methyl sites for hydroxylation is 1. The molecule has 5 aliphatic carbocycles. The quantitative estimate of drug-likeness (QED) is 0.299. The number of oxazole rings is 1. The second-order valence-corrected chi connectivity index (χ2v) is 17.0. The average molecular weight is 565 g/mol. The van der Waals surface area contributed by atoms with E-state index >= 15 is 0 Å². The van der Waals surface area contributed by atoms with Crippen molar-refractivity contribution in [1.82, 2.24) is 9.97 Å². The predicted octanol–water partition coefficient (Wildman–Crippen LogP) is 10.1. The van der Waals surface area contributed by atoms with Gasteiger partial charge in [0.25, 0.3) is 0 Å². The van der Waals surface area contributed by atoms with E-state index in [0.717, 1.165) is 17.6 Å². The number of nitrogens with one attached hydrogen (secondary N) is 1. The van der Waals surface area contributed by atoms with Crippen LogP contribution in [0.1, 0.15) is 116 Å². The summed E-state index contributed by atoms with van der Waals surface area (Å²) in [6.07, 6.45) is 14.8. The molecule has 0 radical (unpaired) electrons. The predicted molar refractivity (Wildman–Crippen MR) is 171 cm³/mol. The number of rotatable bonds is 1. The summed E-state index contributed by atoms with van der Waals surface area (Å²) in [7, 11) is 0. The third-order valence-electron chi connectivity index (χ3n) is 15.2. The van der Waals surface area contributed by atoms with Crippen LogP contribution in [0.4, 0.5) is 0 Å². The van der Waals surface area contributed by atoms with E-state index in [4.69, 9.17) is 9.40 Å². The van der Waals surface area contributed by atoms with Crippen LogP contribution in [-0.4, -0.2) is 9.97 Å². The van der Waals surface area contributed by atoms with Crippen molar-refractivity contribution < 1.29 is 4.42 Å². The standard InChI is InChI=1S/C39H52N2O/c1-23-15-18-39(34-40-22-24(2)42-34)20-19-37(7)28(32(39)25(23)3)13-14-31-36(6)21-27-26-11-9-10-12-29(26)41-33(27)35(4,5)30(36)16-17-38(31,37)8/h9-13,22-23,25,30-32,41H,14-21H2,1-8H3/t23-,25+,30+,31-,32+,36+,37-,38-,39+/m1/s1. The summed E-state index contributed by atoms with van der Waals surface area (Å²) < 4.78 is 6.44. The molecular weight excluding hydrogens is 512 g/mol. The van der Waals surface area contributed by atoms with Crippen molar-refractivity contribution in [2.24, 2.45) is 45.8 Å². The topological polar surface area (TPSA) is 41.8 Å². The van der Waals surface area contributed by atoms with Gasteiger partial charge in [0.15, 0.2) is 0 Å². The molecule has 3 saturated carbocycles. The molecule has 8 rings (SSSR count). The molecule has 9 atom stereocenters. The molecule has 3 heteroatoms. The molecule has 5 aliphatic rings. The van der Waals surface area contributed by atoms with Crippen LogP contribution in [0.25, 0.3) is 10.9 Å². The summed E-state index contributed by atoms with van der Waals surface area (Å²) in [5, 5.41) is 1.46. The fraction of sp³-hybridized carbons (Fsp3) is 0.667. The van der Waals surface area contributed by atoms with Crippen molar-refractivity contribution in [2.45, 2.75) is 118 Å². The summed E-state index contributed by atoms with van der Waals surface area (Å²) in [5.41, 5.74) is 7.22. The van der Waals surface area contributed by atoms with Crippen LogP contribution in [0, 0.1) is 52.8 Å². The number of hydrogen-bond acceptors (Lipinski definition) is 2. The third-order valence-corrected chi connectivity index (χ3v) is 15.2. The van der Waals surface area contributed by atoms with Crippen LogP contribution in [0.3, 0.4) is 0 Å². The minimum atomic E-state index is 0.0571. The molecule has 0 saturated heterocycles. The van der Waals surface area contributed by atoms with E-state index in [1.807, 2.05) is 6.20 Å². The Kier molecular flexibility index (Phi) is 5.49. The lowest BCUT2D eigenvalue weighted by Gasteiger charge is -2.71. The van der Waals surface area contributed by atoms with Crippen molar-refractivity contribution in [3.05, 3.63) is 65.0 Å². The number of fused-ring (bicyclic) bond motifs is 10. The lowest BCUT2D eigenvalue weighted by Crippen LogP contribution is -2.65. The maximum absolute atomic E-state index is 6.44. The van der Waals surface area contributed by atoms with E-state index in [1.54, 1.807) is 11.1 Å². The molecule has 0 amide bonds. The van der Waals surface area contributed by atoms with Gasteiger partial charge < -0.3 is 9.40 Å². The maximum atomic E-state index is 6.44. The fourth-order valence-corrected chi connectivity index (χ4v) is 12.7. The normalized spacial score (nSPS) is 43.9. The van der Waals surface area contributed by atoms with Gasteiger partial charge in [-0.05, 0) is 116 Å². The molecule has 0 aliphatic heterocycles. The zero-order valence-corrected chi connectivity index (χ0v) is 27.4. The number of nitrogens with zero attached hydrogens (tertiary/aromatic N) is 1. The molecule has 3 nitrogen and oxygen atoms in total. The van der Waals surface area contributed by atoms with Crippen LogP contribution in [0.5, 0.6) is 0 Å². The fourth-order valence-electron chi connectivity index (χ4n) is 12.7. The van der Waals surface area contributed by atoms with Gasteiger partial charge >= 0.3 is 0 Å². The van der Waals surface area contributed by atoms with Crippen molar-refractivity contribution in [3.8, 4) is 0 Å². The Morgan fingerprint density at radius 2 is 1.71 bits per heavy atom. The van der Waals surface area contributed by atoms with Crippen LogP contribution >= 0.6 is 0 Å². The van der Waals surface area contributed by atoms with Crippen LogP contribution in [-0.2, 0) is 17.3 Å². The molecule has 0 unspecified atom stereocenters. The van der Waals surface area contributed by atoms with E-state index < -0.39 is 0 Å². The van der Waals surface area contributed by atoms with Gasteiger partial charge in [-0.15, -0.1) is 0 Å². The minimum absolute atomic E-state index is 0.0571. The van der Waals surface area contributed by atoms with Crippen molar-refractivity contribution in [1.29, 1.82) is 0 Å². The molecule has 3 fully saturated rings. The van der Waals surface area contributed by atoms with E-state index in [-0.39, 0.29) is 21.7 Å². The number of aromatic amines is 1. The van der Waals surface area contributed by atoms with E-state index in [2.05, 4.69) is 90.7 Å². The maximum Gasteiger partial charge on any atom is 0.201 e. The highest BCUT2D eigenvalue weighted by Gasteiger charge is 2.69. The highest BCUT2D eigenvalue weighted by atomic mass is 16.4. The molecule has 1 aromatic carbocycles. The third kappa shape index (κ3) is 3.12. The Bertz CT molecular complexity index is 1600. The molecule has 42 heavy (non-hydrogen) atoms. The Morgan fingerprint density at radius 3 is 2.48 bits per heavy atom. The summed E-state index contributed by atoms with van der Waals surface area (Å²) in [4.78, 5) is 8.88. The molecular formula is C39H52N2O. The van der Waals surface area contributed by atoms with Gasteiger partial charge in [-0.25, -0.2) is 4.98 Å². The number of hydrogen-bond donors (Lipinski definition) is 1. The van der Waals surface area contributed by atoms with Crippen molar-refractivity contribution >= 4 is 10.9 Å². The molecule has 2 heterocycles. The number of H-pyrrole nitrogens is 1. The zero-order chi connectivity index (χ0) is 29.4. The monoisotopic (exact) mass is 564 g/mol. The first-order valence-electron chi connectivity index (χ1n) is 17.1. The molecule has 224 valence electrons. The highest BCUT2D eigenvalue weighted by molar-refractivity contribution is 5.85. The largest absolute Gasteiger partial charge is 0.445 e. The Morgan fingerprint density at radius 1 is 0.929 bits per heavy atom. The van der Waals surface area contributed by atoms with Gasteiger partial charge in [0.2, 0.25) is 5.89 Å². The minimum Gasteiger partial charge on any atom is -0.445 e. The number of benzene rings is 1. The number of allylic oxidation sites excluding steroid dienone is 2.